The van der Waals surface area contributed by atoms with E-state index >= 15 is 0 Å². The first-order chi connectivity index (χ1) is 21.6. The third-order valence-electron chi connectivity index (χ3n) is 9.90. The topological polar surface area (TPSA) is 114 Å². The van der Waals surface area contributed by atoms with Gasteiger partial charge in [0.1, 0.15) is 0 Å². The molecule has 2 saturated carbocycles. The number of hydrogen-bond acceptors (Lipinski definition) is 7. The molecule has 2 aliphatic carbocycles. The highest BCUT2D eigenvalue weighted by Crippen LogP contribution is 2.34. The number of likely N-dealkylation sites (tertiary alicyclic amines) is 1. The molecule has 1 amide bonds. The number of carbonyl (C=O) groups excluding carboxylic acids is 1. The number of aromatic nitrogens is 4. The average Bonchev–Trinajstić information content (AvgIpc) is 3.74. The summed E-state index contributed by atoms with van der Waals surface area (Å²) in [5.74, 6) is 1.32. The Morgan fingerprint density at radius 1 is 0.761 bits per heavy atom. The molecule has 2 aromatic heterocycles. The zero-order chi connectivity index (χ0) is 29.9. The molecule has 11 heteroatoms. The van der Waals surface area contributed by atoms with Crippen LogP contribution >= 0.6 is 24.8 Å². The number of nitrogens with zero attached hydrogens (tertiary/aromatic N) is 5. The minimum atomic E-state index is -0.300. The highest BCUT2D eigenvalue weighted by atomic mass is 35.5. The zero-order valence-electron chi connectivity index (χ0n) is 26.3. The molecule has 46 heavy (non-hydrogen) atoms. The fraction of sp³-hybridized carbons (Fsp3) is 0.486. The second kappa shape index (κ2) is 15.5. The summed E-state index contributed by atoms with van der Waals surface area (Å²) in [5.41, 5.74) is 9.97. The second-order valence-corrected chi connectivity index (χ2v) is 12.9. The van der Waals surface area contributed by atoms with Crippen LogP contribution in [-0.2, 0) is 4.79 Å². The molecule has 4 aromatic rings. The van der Waals surface area contributed by atoms with E-state index in [1.54, 1.807) is 0 Å². The number of amides is 1. The molecule has 9 nitrogen and oxygen atoms in total. The van der Waals surface area contributed by atoms with Crippen molar-refractivity contribution in [3.05, 3.63) is 78.1 Å². The van der Waals surface area contributed by atoms with Crippen molar-refractivity contribution in [2.75, 3.05) is 23.7 Å². The Morgan fingerprint density at radius 2 is 1.35 bits per heavy atom. The molecule has 0 unspecified atom stereocenters. The van der Waals surface area contributed by atoms with E-state index in [4.69, 9.17) is 20.7 Å². The van der Waals surface area contributed by atoms with E-state index in [0.29, 0.717) is 37.2 Å². The fourth-order valence-electron chi connectivity index (χ4n) is 7.37. The number of nitrogens with one attached hydrogen (secondary N) is 2. The van der Waals surface area contributed by atoms with Crippen LogP contribution < -0.4 is 16.4 Å². The predicted molar refractivity (Wildman–Crippen MR) is 189 cm³/mol. The molecule has 0 atom stereocenters. The number of halogens is 2. The number of benzene rings is 2. The lowest BCUT2D eigenvalue weighted by atomic mass is 9.89. The molecular formula is C35H46Cl2N8O. The van der Waals surface area contributed by atoms with Crippen LogP contribution in [0.15, 0.2) is 67.0 Å². The molecule has 1 aliphatic heterocycles. The van der Waals surface area contributed by atoms with Crippen molar-refractivity contribution < 1.29 is 4.79 Å². The molecule has 0 radical (unpaired) electrons. The molecular weight excluding hydrogens is 619 g/mol. The highest BCUT2D eigenvalue weighted by molar-refractivity contribution is 5.88. The molecule has 1 saturated heterocycles. The summed E-state index contributed by atoms with van der Waals surface area (Å²) in [6.45, 7) is 1.40. The maximum Gasteiger partial charge on any atom is 0.234 e. The normalized spacial score (nSPS) is 20.7. The first kappa shape index (κ1) is 33.9. The van der Waals surface area contributed by atoms with Crippen LogP contribution in [0.4, 0.5) is 11.8 Å². The van der Waals surface area contributed by atoms with Gasteiger partial charge < -0.3 is 25.8 Å². The van der Waals surface area contributed by atoms with E-state index in [1.807, 2.05) is 47.6 Å². The Kier molecular flexibility index (Phi) is 11.4. The first-order valence-electron chi connectivity index (χ1n) is 16.5. The quantitative estimate of drug-likeness (QED) is 0.192. The molecule has 246 valence electrons. The summed E-state index contributed by atoms with van der Waals surface area (Å²) < 4.78 is 2.27. The standard InChI is InChI=1S/C35H44N8O.2ClH/c36-26-15-17-27(18-16-26)39-35-40-32(31-33(41-35)43(23-37-31)29-13-7-8-14-29)38-28-19-21-42(22-20-28)34(44)30(24-9-3-1-4-10-24)25-11-5-2-6-12-25;;/h1-6,9-12,23,26-30H,7-8,13-22,36H2,(H2,38,39,40,41);2*1H/t26-,27-;;. The maximum absolute atomic E-state index is 14.0. The Morgan fingerprint density at radius 3 is 1.96 bits per heavy atom. The maximum atomic E-state index is 14.0. The minimum Gasteiger partial charge on any atom is -0.365 e. The lowest BCUT2D eigenvalue weighted by molar-refractivity contribution is -0.132. The third kappa shape index (κ3) is 7.42. The SMILES string of the molecule is Cl.Cl.N[C@H]1CC[C@H](Nc2nc(NC3CCN(C(=O)C(c4ccccc4)c4ccccc4)CC3)c3ncn(C4CCCC4)c3n2)CC1. The Labute approximate surface area is 284 Å². The number of nitrogens with two attached hydrogens (primary N) is 1. The van der Waals surface area contributed by atoms with Gasteiger partial charge in [-0.3, -0.25) is 4.79 Å². The van der Waals surface area contributed by atoms with Gasteiger partial charge in [-0.2, -0.15) is 9.97 Å². The van der Waals surface area contributed by atoms with Gasteiger partial charge in [-0.15, -0.1) is 24.8 Å². The lowest BCUT2D eigenvalue weighted by Crippen LogP contribution is -2.44. The fourth-order valence-corrected chi connectivity index (χ4v) is 7.37. The van der Waals surface area contributed by atoms with Gasteiger partial charge in [0, 0.05) is 37.3 Å². The highest BCUT2D eigenvalue weighted by Gasteiger charge is 2.31. The molecule has 0 spiro atoms. The van der Waals surface area contributed by atoms with E-state index in [0.717, 1.165) is 66.6 Å². The van der Waals surface area contributed by atoms with Crippen LogP contribution in [0, 0.1) is 0 Å². The van der Waals surface area contributed by atoms with Gasteiger partial charge >= 0.3 is 0 Å². The van der Waals surface area contributed by atoms with E-state index < -0.39 is 0 Å². The van der Waals surface area contributed by atoms with Gasteiger partial charge in [-0.1, -0.05) is 73.5 Å². The van der Waals surface area contributed by atoms with Crippen LogP contribution in [-0.4, -0.2) is 61.5 Å². The number of imidazole rings is 1. The summed E-state index contributed by atoms with van der Waals surface area (Å²) >= 11 is 0. The first-order valence-corrected chi connectivity index (χ1v) is 16.5. The second-order valence-electron chi connectivity index (χ2n) is 12.9. The zero-order valence-corrected chi connectivity index (χ0v) is 27.9. The van der Waals surface area contributed by atoms with Crippen LogP contribution in [0.5, 0.6) is 0 Å². The predicted octanol–water partition coefficient (Wildman–Crippen LogP) is 6.70. The molecule has 3 aliphatic rings. The van der Waals surface area contributed by atoms with Crippen molar-refractivity contribution in [2.24, 2.45) is 5.73 Å². The van der Waals surface area contributed by atoms with Gasteiger partial charge in [0.2, 0.25) is 11.9 Å². The average molecular weight is 666 g/mol. The van der Waals surface area contributed by atoms with Crippen LogP contribution in [0.1, 0.15) is 87.3 Å². The molecule has 3 heterocycles. The van der Waals surface area contributed by atoms with Gasteiger partial charge in [-0.05, 0) is 62.5 Å². The van der Waals surface area contributed by atoms with Crippen LogP contribution in [0.3, 0.4) is 0 Å². The van der Waals surface area contributed by atoms with Gasteiger partial charge in [0.25, 0.3) is 0 Å². The van der Waals surface area contributed by atoms with Crippen molar-refractivity contribution in [3.63, 3.8) is 0 Å². The van der Waals surface area contributed by atoms with Crippen molar-refractivity contribution in [2.45, 2.75) is 94.3 Å². The van der Waals surface area contributed by atoms with Crippen LogP contribution in [0.25, 0.3) is 11.2 Å². The monoisotopic (exact) mass is 664 g/mol. The van der Waals surface area contributed by atoms with E-state index in [9.17, 15) is 4.79 Å². The van der Waals surface area contributed by atoms with Crippen molar-refractivity contribution in [1.29, 1.82) is 0 Å². The molecule has 3 fully saturated rings. The third-order valence-corrected chi connectivity index (χ3v) is 9.90. The Hall–Kier alpha value is -3.40. The summed E-state index contributed by atoms with van der Waals surface area (Å²) in [7, 11) is 0. The molecule has 2 aromatic carbocycles. The smallest absolute Gasteiger partial charge is 0.234 e. The van der Waals surface area contributed by atoms with Gasteiger partial charge in [0.05, 0.1) is 12.2 Å². The Bertz CT molecular complexity index is 1510. The van der Waals surface area contributed by atoms with E-state index in [1.165, 1.54) is 25.7 Å². The summed E-state index contributed by atoms with van der Waals surface area (Å²) in [5, 5.41) is 7.37. The lowest BCUT2D eigenvalue weighted by Gasteiger charge is -2.35. The summed E-state index contributed by atoms with van der Waals surface area (Å²) in [4.78, 5) is 30.8. The largest absolute Gasteiger partial charge is 0.365 e. The number of fused-ring (bicyclic) bond motifs is 1. The summed E-state index contributed by atoms with van der Waals surface area (Å²) in [6, 6.07) is 21.5. The Balaban J connectivity index is 0.00000208. The number of piperidine rings is 1. The van der Waals surface area contributed by atoms with E-state index in [2.05, 4.69) is 39.5 Å². The molecule has 7 rings (SSSR count). The number of hydrogen-bond donors (Lipinski definition) is 3. The number of rotatable bonds is 8. The number of carbonyl (C=O) groups is 1. The number of anilines is 2. The van der Waals surface area contributed by atoms with E-state index in [-0.39, 0.29) is 42.7 Å². The molecule has 4 N–H and O–H groups in total. The van der Waals surface area contributed by atoms with Crippen molar-refractivity contribution in [3.8, 4) is 0 Å². The summed E-state index contributed by atoms with van der Waals surface area (Å²) in [6.07, 6.45) is 12.6. The molecule has 0 bridgehead atoms. The van der Waals surface area contributed by atoms with Crippen molar-refractivity contribution in [1.82, 2.24) is 24.4 Å². The van der Waals surface area contributed by atoms with Crippen LogP contribution in [0.2, 0.25) is 0 Å². The van der Waals surface area contributed by atoms with Crippen molar-refractivity contribution >= 4 is 53.7 Å². The van der Waals surface area contributed by atoms with Gasteiger partial charge in [-0.25, -0.2) is 4.98 Å². The minimum absolute atomic E-state index is 0. The van der Waals surface area contributed by atoms with Gasteiger partial charge in [0.15, 0.2) is 17.0 Å².